The van der Waals surface area contributed by atoms with Gasteiger partial charge >= 0.3 is 5.97 Å². The Balaban J connectivity index is 1.42. The van der Waals surface area contributed by atoms with Crippen LogP contribution in [0.15, 0.2) is 66.7 Å². The van der Waals surface area contributed by atoms with Gasteiger partial charge < -0.3 is 4.74 Å². The van der Waals surface area contributed by atoms with E-state index in [1.54, 1.807) is 0 Å². The van der Waals surface area contributed by atoms with Gasteiger partial charge in [0.2, 0.25) is 0 Å². The van der Waals surface area contributed by atoms with Crippen molar-refractivity contribution >= 4 is 33.3 Å². The normalized spacial score (nSPS) is 23.8. The maximum absolute atomic E-state index is 12.5. The summed E-state index contributed by atoms with van der Waals surface area (Å²) in [6, 6.07) is 18.1. The third-order valence-electron chi connectivity index (χ3n) is 5.67. The van der Waals surface area contributed by atoms with Gasteiger partial charge in [-0.25, -0.2) is 0 Å². The molecule has 5 rings (SSSR count). The molecule has 2 aliphatic carbocycles. The number of carbonyl (C=O) groups is 2. The lowest BCUT2D eigenvalue weighted by molar-refractivity contribution is -0.135. The highest BCUT2D eigenvalue weighted by atomic mass is 16.5. The highest BCUT2D eigenvalue weighted by Crippen LogP contribution is 2.42. The van der Waals surface area contributed by atoms with Crippen molar-refractivity contribution in [2.24, 2.45) is 17.8 Å². The van der Waals surface area contributed by atoms with Crippen molar-refractivity contribution in [1.29, 1.82) is 0 Å². The van der Waals surface area contributed by atoms with E-state index in [4.69, 9.17) is 4.74 Å². The summed E-state index contributed by atoms with van der Waals surface area (Å²) in [6.45, 7) is 0. The van der Waals surface area contributed by atoms with Crippen molar-refractivity contribution in [2.75, 3.05) is 0 Å². The Morgan fingerprint density at radius 3 is 2.46 bits per heavy atom. The molecule has 3 atom stereocenters. The Kier molecular flexibility index (Phi) is 3.42. The molecule has 0 saturated heterocycles. The number of allylic oxidation sites excluding steroid dienone is 2. The quantitative estimate of drug-likeness (QED) is 0.300. The fourth-order valence-electron chi connectivity index (χ4n) is 4.36. The zero-order chi connectivity index (χ0) is 17.7. The Hall–Kier alpha value is -2.94. The number of ketones is 1. The maximum atomic E-state index is 12.5. The van der Waals surface area contributed by atoms with E-state index in [1.807, 2.05) is 42.5 Å². The molecule has 0 N–H and O–H groups in total. The van der Waals surface area contributed by atoms with Gasteiger partial charge in [0.25, 0.3) is 0 Å². The summed E-state index contributed by atoms with van der Waals surface area (Å²) >= 11 is 0. The highest BCUT2D eigenvalue weighted by Gasteiger charge is 2.44. The second kappa shape index (κ2) is 5.80. The van der Waals surface area contributed by atoms with Gasteiger partial charge in [-0.3, -0.25) is 9.59 Å². The van der Waals surface area contributed by atoms with Crippen LogP contribution in [0.25, 0.3) is 21.5 Å². The van der Waals surface area contributed by atoms with E-state index in [2.05, 4.69) is 24.3 Å². The monoisotopic (exact) mass is 342 g/mol. The van der Waals surface area contributed by atoms with Crippen LogP contribution in [0.3, 0.4) is 0 Å². The lowest BCUT2D eigenvalue weighted by atomic mass is 9.90. The van der Waals surface area contributed by atoms with Gasteiger partial charge in [0.05, 0.1) is 0 Å². The SMILES string of the molecule is O=C(CC1CC2C=CC1C2=O)Oc1cccc2cc3ccccc3cc12. The van der Waals surface area contributed by atoms with Gasteiger partial charge in [-0.2, -0.15) is 0 Å². The van der Waals surface area contributed by atoms with Crippen molar-refractivity contribution in [3.05, 3.63) is 66.7 Å². The van der Waals surface area contributed by atoms with Gasteiger partial charge in [-0.05, 0) is 46.7 Å². The molecular formula is C23H18O3. The molecule has 0 aromatic heterocycles. The van der Waals surface area contributed by atoms with E-state index < -0.39 is 0 Å². The smallest absolute Gasteiger partial charge is 0.311 e. The van der Waals surface area contributed by atoms with Crippen LogP contribution in [-0.4, -0.2) is 11.8 Å². The van der Waals surface area contributed by atoms with Crippen LogP contribution < -0.4 is 4.74 Å². The first-order valence-electron chi connectivity index (χ1n) is 9.03. The second-order valence-corrected chi connectivity index (χ2v) is 7.27. The topological polar surface area (TPSA) is 43.4 Å². The molecule has 2 aliphatic rings. The predicted octanol–water partition coefficient (Wildman–Crippen LogP) is 4.68. The lowest BCUT2D eigenvalue weighted by Crippen LogP contribution is -2.18. The highest BCUT2D eigenvalue weighted by molar-refractivity contribution is 6.01. The predicted molar refractivity (Wildman–Crippen MR) is 101 cm³/mol. The number of ether oxygens (including phenoxy) is 1. The minimum atomic E-state index is -0.260. The van der Waals surface area contributed by atoms with Gasteiger partial charge in [0.15, 0.2) is 0 Å². The molecule has 128 valence electrons. The number of rotatable bonds is 3. The van der Waals surface area contributed by atoms with E-state index in [0.29, 0.717) is 12.2 Å². The Bertz CT molecular complexity index is 1080. The van der Waals surface area contributed by atoms with E-state index in [9.17, 15) is 9.59 Å². The molecule has 0 amide bonds. The Morgan fingerprint density at radius 2 is 1.73 bits per heavy atom. The van der Waals surface area contributed by atoms with Crippen LogP contribution in [0, 0.1) is 17.8 Å². The zero-order valence-corrected chi connectivity index (χ0v) is 14.2. The molecule has 3 heteroatoms. The molecule has 1 saturated carbocycles. The van der Waals surface area contributed by atoms with E-state index in [-0.39, 0.29) is 29.5 Å². The van der Waals surface area contributed by atoms with Crippen molar-refractivity contribution in [3.63, 3.8) is 0 Å². The Labute approximate surface area is 151 Å². The van der Waals surface area contributed by atoms with Crippen LogP contribution in [0.2, 0.25) is 0 Å². The van der Waals surface area contributed by atoms with Crippen LogP contribution in [0.1, 0.15) is 12.8 Å². The molecule has 3 aromatic rings. The molecule has 0 aliphatic heterocycles. The molecule has 0 heterocycles. The fourth-order valence-corrected chi connectivity index (χ4v) is 4.36. The van der Waals surface area contributed by atoms with Crippen molar-refractivity contribution in [1.82, 2.24) is 0 Å². The van der Waals surface area contributed by atoms with E-state index in [0.717, 1.165) is 28.0 Å². The largest absolute Gasteiger partial charge is 0.426 e. The Morgan fingerprint density at radius 1 is 0.962 bits per heavy atom. The molecule has 0 spiro atoms. The summed E-state index contributed by atoms with van der Waals surface area (Å²) in [6.07, 6.45) is 5.00. The minimum Gasteiger partial charge on any atom is -0.426 e. The third-order valence-corrected chi connectivity index (χ3v) is 5.67. The third kappa shape index (κ3) is 2.43. The van der Waals surface area contributed by atoms with Gasteiger partial charge in [-0.15, -0.1) is 0 Å². The van der Waals surface area contributed by atoms with Crippen LogP contribution in [-0.2, 0) is 9.59 Å². The van der Waals surface area contributed by atoms with Crippen LogP contribution in [0.4, 0.5) is 0 Å². The number of carbonyl (C=O) groups excluding carboxylic acids is 2. The summed E-state index contributed by atoms with van der Waals surface area (Å²) in [7, 11) is 0. The number of hydrogen-bond acceptors (Lipinski definition) is 3. The molecule has 0 radical (unpaired) electrons. The van der Waals surface area contributed by atoms with E-state index in [1.165, 1.54) is 0 Å². The van der Waals surface area contributed by atoms with Crippen molar-refractivity contribution in [2.45, 2.75) is 12.8 Å². The minimum absolute atomic E-state index is 0.0155. The maximum Gasteiger partial charge on any atom is 0.311 e. The number of fused-ring (bicyclic) bond motifs is 4. The number of esters is 1. The van der Waals surface area contributed by atoms with Crippen LogP contribution in [0.5, 0.6) is 5.75 Å². The molecule has 2 bridgehead atoms. The summed E-state index contributed by atoms with van der Waals surface area (Å²) < 4.78 is 5.71. The lowest BCUT2D eigenvalue weighted by Gasteiger charge is -2.16. The first-order chi connectivity index (χ1) is 12.7. The molecule has 3 aromatic carbocycles. The summed E-state index contributed by atoms with van der Waals surface area (Å²) in [5, 5.41) is 4.26. The van der Waals surface area contributed by atoms with Gasteiger partial charge in [0, 0.05) is 23.6 Å². The molecular weight excluding hydrogens is 324 g/mol. The molecule has 26 heavy (non-hydrogen) atoms. The standard InChI is InChI=1S/C23H18O3/c24-22(13-18-11-17-8-9-19(18)23(17)25)26-21-7-3-6-16-10-14-4-1-2-5-15(14)12-20(16)21/h1-10,12,17-19H,11,13H2. The van der Waals surface area contributed by atoms with Crippen molar-refractivity contribution < 1.29 is 14.3 Å². The first-order valence-corrected chi connectivity index (χ1v) is 9.03. The van der Waals surface area contributed by atoms with Gasteiger partial charge in [-0.1, -0.05) is 48.6 Å². The van der Waals surface area contributed by atoms with E-state index >= 15 is 0 Å². The second-order valence-electron chi connectivity index (χ2n) is 7.27. The number of benzene rings is 3. The molecule has 3 nitrogen and oxygen atoms in total. The molecule has 1 fully saturated rings. The van der Waals surface area contributed by atoms with Crippen molar-refractivity contribution in [3.8, 4) is 5.75 Å². The average Bonchev–Trinajstić information content (AvgIpc) is 3.14. The zero-order valence-electron chi connectivity index (χ0n) is 14.2. The van der Waals surface area contributed by atoms with Gasteiger partial charge in [0.1, 0.15) is 11.5 Å². The summed E-state index contributed by atoms with van der Waals surface area (Å²) in [4.78, 5) is 24.5. The fraction of sp³-hybridized carbons (Fsp3) is 0.217. The number of Topliss-reactive ketones (excluding diaryl/α,β-unsaturated/α-hetero) is 1. The summed E-state index contributed by atoms with van der Waals surface area (Å²) in [5.74, 6) is 0.596. The summed E-state index contributed by atoms with van der Waals surface area (Å²) in [5.41, 5.74) is 0. The first kappa shape index (κ1) is 15.3. The van der Waals surface area contributed by atoms with Crippen LogP contribution >= 0.6 is 0 Å². The average molecular weight is 342 g/mol. The molecule has 3 unspecified atom stereocenters. The number of hydrogen-bond donors (Lipinski definition) is 0.